The van der Waals surface area contributed by atoms with Crippen LogP contribution in [0.4, 0.5) is 11.4 Å². The highest BCUT2D eigenvalue weighted by Crippen LogP contribution is 2.31. The number of Topliss-reactive ketones (excluding diaryl/α,β-unsaturated/α-hetero) is 1. The van der Waals surface area contributed by atoms with Crippen molar-refractivity contribution in [2.24, 2.45) is 7.05 Å². The van der Waals surface area contributed by atoms with Gasteiger partial charge >= 0.3 is 5.97 Å². The van der Waals surface area contributed by atoms with Gasteiger partial charge in [-0.2, -0.15) is 0 Å². The smallest absolute Gasteiger partial charge is 0.337 e. The van der Waals surface area contributed by atoms with E-state index in [2.05, 4.69) is 17.6 Å². The maximum atomic E-state index is 14.7. The number of hydrogen-bond acceptors (Lipinski definition) is 7. The average molecular weight is 794 g/mol. The van der Waals surface area contributed by atoms with Crippen LogP contribution >= 0.6 is 11.6 Å². The normalized spacial score (nSPS) is 11.6. The Kier molecular flexibility index (Phi) is 15.3. The van der Waals surface area contributed by atoms with Crippen LogP contribution in [-0.4, -0.2) is 46.5 Å². The van der Waals surface area contributed by atoms with E-state index < -0.39 is 23.8 Å². The summed E-state index contributed by atoms with van der Waals surface area (Å²) in [5.74, 6) is -1.68. The molecular formula is C46H52ClN3O7. The molecule has 10 nitrogen and oxygen atoms in total. The highest BCUT2D eigenvalue weighted by atomic mass is 35.5. The largest absolute Gasteiger partial charge is 0.508 e. The first kappa shape index (κ1) is 42.5. The molecule has 0 radical (unpaired) electrons. The number of nitrogens with one attached hydrogen (secondary N) is 2. The van der Waals surface area contributed by atoms with Crippen LogP contribution in [0, 0.1) is 6.92 Å². The number of ether oxygens (including phenoxy) is 2. The first-order chi connectivity index (χ1) is 27.5. The second-order valence-corrected chi connectivity index (χ2v) is 14.8. The van der Waals surface area contributed by atoms with Crippen molar-refractivity contribution in [1.82, 2.24) is 4.57 Å². The minimum absolute atomic E-state index is 0.0988. The summed E-state index contributed by atoms with van der Waals surface area (Å²) < 4.78 is 12.9. The van der Waals surface area contributed by atoms with Crippen LogP contribution in [-0.2, 0) is 27.8 Å². The zero-order valence-electron chi connectivity index (χ0n) is 33.2. The number of phenols is 1. The van der Waals surface area contributed by atoms with Crippen LogP contribution in [0.1, 0.15) is 109 Å². The second kappa shape index (κ2) is 20.5. The van der Waals surface area contributed by atoms with Gasteiger partial charge in [-0.1, -0.05) is 94.2 Å². The number of ketones is 1. The Morgan fingerprint density at radius 1 is 0.789 bits per heavy atom. The topological polar surface area (TPSA) is 136 Å². The predicted octanol–water partition coefficient (Wildman–Crippen LogP) is 10.4. The average Bonchev–Trinajstić information content (AvgIpc) is 3.45. The van der Waals surface area contributed by atoms with Crippen molar-refractivity contribution in [3.63, 3.8) is 0 Å². The van der Waals surface area contributed by atoms with E-state index in [0.717, 1.165) is 35.9 Å². The molecule has 1 heterocycles. The lowest BCUT2D eigenvalue weighted by atomic mass is 10.0. The number of unbranched alkanes of at least 4 members (excludes halogenated alkanes) is 8. The standard InChI is InChI=1S/C46H52ClN3O7/c1-5-6-7-8-9-10-11-12-13-14-41(52)48-34-20-26-40-37(29-34)42(30(2)50(40)3)43(53)44(45(54)49-39-28-33(46(55)56-4)19-25-38(39)47)57-36-23-17-32(18-24-36)27-31-15-21-35(51)22-16-31/h15-26,28-29,44,51H,5-14,27H2,1-4H3,(H,48,52)(H,49,54). The number of rotatable bonds is 20. The summed E-state index contributed by atoms with van der Waals surface area (Å²) in [6.45, 7) is 4.01. The van der Waals surface area contributed by atoms with E-state index in [1.54, 1.807) is 43.3 Å². The van der Waals surface area contributed by atoms with Crippen molar-refractivity contribution in [2.75, 3.05) is 17.7 Å². The Hall–Kier alpha value is -5.61. The summed E-state index contributed by atoms with van der Waals surface area (Å²) in [6, 6.07) is 23.7. The Balaban J connectivity index is 1.38. The maximum Gasteiger partial charge on any atom is 0.337 e. The van der Waals surface area contributed by atoms with E-state index >= 15 is 0 Å². The van der Waals surface area contributed by atoms with Crippen LogP contribution in [0.5, 0.6) is 11.5 Å². The van der Waals surface area contributed by atoms with Gasteiger partial charge in [-0.25, -0.2) is 4.79 Å². The molecular weight excluding hydrogens is 742 g/mol. The van der Waals surface area contributed by atoms with Gasteiger partial charge in [-0.15, -0.1) is 0 Å². The van der Waals surface area contributed by atoms with Gasteiger partial charge in [0.15, 0.2) is 0 Å². The highest BCUT2D eigenvalue weighted by Gasteiger charge is 2.34. The molecule has 0 aliphatic rings. The van der Waals surface area contributed by atoms with E-state index in [1.807, 2.05) is 41.9 Å². The van der Waals surface area contributed by atoms with E-state index in [1.165, 1.54) is 63.8 Å². The number of aromatic nitrogens is 1. The number of methoxy groups -OCH3 is 1. The number of carbonyl (C=O) groups excluding carboxylic acids is 4. The SMILES string of the molecule is CCCCCCCCCCCC(=O)Nc1ccc2c(c1)c(C(=O)C(Oc1ccc(Cc3ccc(O)cc3)cc1)C(=O)Nc1cc(C(=O)OC)ccc1Cl)c(C)n2C. The van der Waals surface area contributed by atoms with Crippen molar-refractivity contribution >= 4 is 57.4 Å². The monoisotopic (exact) mass is 793 g/mol. The number of phenolic OH excluding ortho intramolecular Hbond substituents is 1. The third-order valence-corrected chi connectivity index (χ3v) is 10.5. The number of nitrogens with zero attached hydrogens (tertiary/aromatic N) is 1. The highest BCUT2D eigenvalue weighted by molar-refractivity contribution is 6.34. The van der Waals surface area contributed by atoms with E-state index in [4.69, 9.17) is 21.1 Å². The number of fused-ring (bicyclic) bond motifs is 1. The molecule has 0 saturated heterocycles. The van der Waals surface area contributed by atoms with E-state index in [-0.39, 0.29) is 39.2 Å². The minimum Gasteiger partial charge on any atom is -0.508 e. The zero-order valence-corrected chi connectivity index (χ0v) is 33.9. The molecule has 0 aliphatic carbocycles. The van der Waals surface area contributed by atoms with Crippen LogP contribution in [0.3, 0.4) is 0 Å². The van der Waals surface area contributed by atoms with Gasteiger partial charge in [0.25, 0.3) is 5.91 Å². The first-order valence-corrected chi connectivity index (χ1v) is 20.0. The Morgan fingerprint density at radius 3 is 2.07 bits per heavy atom. The fraction of sp³-hybridized carbons (Fsp3) is 0.348. The molecule has 0 saturated carbocycles. The van der Waals surface area contributed by atoms with Crippen LogP contribution in [0.2, 0.25) is 5.02 Å². The Labute approximate surface area is 339 Å². The first-order valence-electron chi connectivity index (χ1n) is 19.6. The van der Waals surface area contributed by atoms with Gasteiger partial charge in [0.05, 0.1) is 28.9 Å². The predicted molar refractivity (Wildman–Crippen MR) is 226 cm³/mol. The molecule has 57 heavy (non-hydrogen) atoms. The summed E-state index contributed by atoms with van der Waals surface area (Å²) in [5, 5.41) is 16.0. The quantitative estimate of drug-likeness (QED) is 0.0309. The summed E-state index contributed by atoms with van der Waals surface area (Å²) in [6.07, 6.45) is 9.74. The van der Waals surface area contributed by atoms with Crippen LogP contribution in [0.15, 0.2) is 84.9 Å². The number of aromatic hydroxyl groups is 1. The number of hydrogen-bond donors (Lipinski definition) is 3. The lowest BCUT2D eigenvalue weighted by molar-refractivity contribution is -0.121. The van der Waals surface area contributed by atoms with Crippen molar-refractivity contribution < 1.29 is 33.8 Å². The molecule has 0 fully saturated rings. The van der Waals surface area contributed by atoms with Crippen molar-refractivity contribution in [1.29, 1.82) is 0 Å². The molecule has 0 spiro atoms. The molecule has 0 bridgehead atoms. The zero-order chi connectivity index (χ0) is 40.9. The van der Waals surface area contributed by atoms with Gasteiger partial charge < -0.3 is 29.8 Å². The van der Waals surface area contributed by atoms with Gasteiger partial charge in [-0.05, 0) is 91.6 Å². The van der Waals surface area contributed by atoms with Gasteiger partial charge in [0.2, 0.25) is 17.8 Å². The van der Waals surface area contributed by atoms with Gasteiger partial charge in [-0.3, -0.25) is 14.4 Å². The third-order valence-electron chi connectivity index (χ3n) is 10.2. The molecule has 0 aliphatic heterocycles. The molecule has 1 atom stereocenters. The molecule has 3 N–H and O–H groups in total. The summed E-state index contributed by atoms with van der Waals surface area (Å²) in [5.41, 5.74) is 4.34. The lowest BCUT2D eigenvalue weighted by Crippen LogP contribution is -2.40. The van der Waals surface area contributed by atoms with Crippen molar-refractivity contribution in [3.8, 4) is 11.5 Å². The molecule has 1 aromatic heterocycles. The molecule has 11 heteroatoms. The summed E-state index contributed by atoms with van der Waals surface area (Å²) in [7, 11) is 3.08. The molecule has 1 unspecified atom stereocenters. The lowest BCUT2D eigenvalue weighted by Gasteiger charge is -2.19. The van der Waals surface area contributed by atoms with Gasteiger partial charge in [0.1, 0.15) is 11.5 Å². The summed E-state index contributed by atoms with van der Waals surface area (Å²) in [4.78, 5) is 54.1. The molecule has 5 aromatic rings. The number of carbonyl (C=O) groups is 4. The molecule has 2 amide bonds. The van der Waals surface area contributed by atoms with Crippen molar-refractivity contribution in [2.45, 2.75) is 90.6 Å². The number of esters is 1. The van der Waals surface area contributed by atoms with E-state index in [9.17, 15) is 24.3 Å². The summed E-state index contributed by atoms with van der Waals surface area (Å²) >= 11 is 6.44. The number of amides is 2. The van der Waals surface area contributed by atoms with Crippen LogP contribution in [0.25, 0.3) is 10.9 Å². The van der Waals surface area contributed by atoms with Crippen molar-refractivity contribution in [3.05, 3.63) is 118 Å². The number of aryl methyl sites for hydroxylation is 1. The fourth-order valence-electron chi connectivity index (χ4n) is 6.87. The molecule has 4 aromatic carbocycles. The Bertz CT molecular complexity index is 2180. The van der Waals surface area contributed by atoms with Crippen LogP contribution < -0.4 is 15.4 Å². The second-order valence-electron chi connectivity index (χ2n) is 14.4. The van der Waals surface area contributed by atoms with Gasteiger partial charge in [0, 0.05) is 35.8 Å². The third kappa shape index (κ3) is 11.5. The van der Waals surface area contributed by atoms with E-state index in [0.29, 0.717) is 29.6 Å². The minimum atomic E-state index is -1.68. The number of halogens is 1. The Morgan fingerprint density at radius 2 is 1.42 bits per heavy atom. The number of benzene rings is 4. The molecule has 300 valence electrons. The fourth-order valence-corrected chi connectivity index (χ4v) is 7.04. The maximum absolute atomic E-state index is 14.7. The number of anilines is 2. The molecule has 5 rings (SSSR count).